The highest BCUT2D eigenvalue weighted by molar-refractivity contribution is 7.92. The Labute approximate surface area is 269 Å². The molecule has 48 heavy (non-hydrogen) atoms. The van der Waals surface area contributed by atoms with Gasteiger partial charge in [-0.2, -0.15) is 54.9 Å². The summed E-state index contributed by atoms with van der Waals surface area (Å²) in [5.41, 5.74) is 3.63. The van der Waals surface area contributed by atoms with Crippen molar-refractivity contribution in [3.63, 3.8) is 0 Å². The lowest BCUT2D eigenvalue weighted by Crippen LogP contribution is -2.63. The van der Waals surface area contributed by atoms with Crippen molar-refractivity contribution >= 4 is 38.3 Å². The minimum absolute atomic E-state index is 0.00895. The highest BCUT2D eigenvalue weighted by Crippen LogP contribution is 2.55. The van der Waals surface area contributed by atoms with Gasteiger partial charge in [0.1, 0.15) is 0 Å². The second-order valence-corrected chi connectivity index (χ2v) is 12.2. The normalized spacial score (nSPS) is 13.5. The van der Waals surface area contributed by atoms with Gasteiger partial charge in [0.2, 0.25) is 9.84 Å². The molecule has 0 radical (unpaired) electrons. The van der Waals surface area contributed by atoms with E-state index in [1.165, 1.54) is 0 Å². The largest absolute Gasteiger partial charge is 0.460 e. The van der Waals surface area contributed by atoms with Gasteiger partial charge in [0.15, 0.2) is 0 Å². The first-order valence-corrected chi connectivity index (χ1v) is 15.8. The van der Waals surface area contributed by atoms with Crippen molar-refractivity contribution in [2.75, 3.05) is 24.6 Å². The number of hydrogen-bond donors (Lipinski definition) is 1. The smallest absolute Gasteiger partial charge is 0.395 e. The van der Waals surface area contributed by atoms with E-state index in [4.69, 9.17) is 0 Å². The van der Waals surface area contributed by atoms with Gasteiger partial charge in [-0.15, -0.1) is 5.11 Å². The Morgan fingerprint density at radius 2 is 1.12 bits per heavy atom. The monoisotopic (exact) mass is 711 g/mol. The SMILES string of the molecule is CCc1cc(N=Nc2ccc(S(=O)(=O)C(F)(F)C(F)(F)C(F)(F)C(F)(F)F)cc2)cc(CC)c1N=Nc1ccc(N(CC)CCO)cc1. The van der Waals surface area contributed by atoms with Crippen LogP contribution in [0.2, 0.25) is 0 Å². The number of likely N-dealkylation sites (N-methyl/N-ethyl adjacent to an activating group) is 1. The number of nitrogens with zero attached hydrogens (tertiary/aromatic N) is 5. The summed E-state index contributed by atoms with van der Waals surface area (Å²) in [7, 11) is -6.75. The molecule has 0 saturated heterocycles. The fraction of sp³-hybridized carbons (Fsp3) is 0.400. The Kier molecular flexibility index (Phi) is 11.7. The molecule has 0 spiro atoms. The summed E-state index contributed by atoms with van der Waals surface area (Å²) >= 11 is 0. The molecular formula is C30H30F9N5O3S. The van der Waals surface area contributed by atoms with Crippen LogP contribution in [0.5, 0.6) is 0 Å². The Balaban J connectivity index is 1.86. The van der Waals surface area contributed by atoms with Gasteiger partial charge in [-0.25, -0.2) is 8.42 Å². The van der Waals surface area contributed by atoms with E-state index in [1.54, 1.807) is 24.3 Å². The summed E-state index contributed by atoms with van der Waals surface area (Å²) in [6.07, 6.45) is -6.18. The van der Waals surface area contributed by atoms with Crippen LogP contribution < -0.4 is 4.90 Å². The molecular weight excluding hydrogens is 681 g/mol. The maximum absolute atomic E-state index is 14.2. The first-order chi connectivity index (χ1) is 22.3. The summed E-state index contributed by atoms with van der Waals surface area (Å²) in [6.45, 7) is 6.87. The number of halogens is 9. The zero-order valence-corrected chi connectivity index (χ0v) is 26.4. The van der Waals surface area contributed by atoms with Gasteiger partial charge in [0.05, 0.1) is 34.3 Å². The predicted molar refractivity (Wildman–Crippen MR) is 159 cm³/mol. The molecule has 0 saturated carbocycles. The molecule has 3 aromatic rings. The van der Waals surface area contributed by atoms with Crippen LogP contribution in [-0.4, -0.2) is 56.5 Å². The summed E-state index contributed by atoms with van der Waals surface area (Å²) in [4.78, 5) is 0.337. The van der Waals surface area contributed by atoms with Crippen LogP contribution >= 0.6 is 0 Å². The number of alkyl halides is 9. The van der Waals surface area contributed by atoms with Gasteiger partial charge < -0.3 is 10.0 Å². The van der Waals surface area contributed by atoms with Gasteiger partial charge in [-0.1, -0.05) is 13.8 Å². The van der Waals surface area contributed by atoms with Gasteiger partial charge >= 0.3 is 23.3 Å². The fourth-order valence-electron chi connectivity index (χ4n) is 4.38. The van der Waals surface area contributed by atoms with Crippen molar-refractivity contribution in [2.24, 2.45) is 20.5 Å². The van der Waals surface area contributed by atoms with E-state index in [0.29, 0.717) is 55.1 Å². The Hall–Kier alpha value is -4.06. The van der Waals surface area contributed by atoms with Crippen molar-refractivity contribution in [2.45, 2.75) is 61.8 Å². The number of azo groups is 2. The number of aliphatic hydroxyl groups is 1. The molecule has 0 fully saturated rings. The van der Waals surface area contributed by atoms with Crippen molar-refractivity contribution in [1.29, 1.82) is 0 Å². The predicted octanol–water partition coefficient (Wildman–Crippen LogP) is 9.66. The van der Waals surface area contributed by atoms with Crippen LogP contribution in [0.1, 0.15) is 31.9 Å². The summed E-state index contributed by atoms with van der Waals surface area (Å²) in [5, 5.41) is 19.0. The summed E-state index contributed by atoms with van der Waals surface area (Å²) < 4.78 is 144. The van der Waals surface area contributed by atoms with Gasteiger partial charge in [-0.3, -0.25) is 0 Å². The Morgan fingerprint density at radius 3 is 1.56 bits per heavy atom. The second-order valence-electron chi connectivity index (χ2n) is 10.2. The highest BCUT2D eigenvalue weighted by atomic mass is 32.2. The van der Waals surface area contributed by atoms with E-state index in [1.807, 2.05) is 37.8 Å². The van der Waals surface area contributed by atoms with E-state index in [0.717, 1.165) is 28.9 Å². The maximum atomic E-state index is 14.2. The van der Waals surface area contributed by atoms with Gasteiger partial charge in [-0.05, 0) is 91.6 Å². The number of hydrogen-bond acceptors (Lipinski definition) is 8. The van der Waals surface area contributed by atoms with Crippen LogP contribution in [0.3, 0.4) is 0 Å². The van der Waals surface area contributed by atoms with Crippen molar-refractivity contribution in [3.8, 4) is 0 Å². The van der Waals surface area contributed by atoms with Crippen LogP contribution in [0, 0.1) is 0 Å². The molecule has 0 aliphatic heterocycles. The first-order valence-electron chi connectivity index (χ1n) is 14.3. The molecule has 0 atom stereocenters. The molecule has 262 valence electrons. The molecule has 0 aliphatic carbocycles. The van der Waals surface area contributed by atoms with Crippen molar-refractivity contribution < 1.29 is 53.0 Å². The Morgan fingerprint density at radius 1 is 0.667 bits per heavy atom. The van der Waals surface area contributed by atoms with Crippen molar-refractivity contribution in [3.05, 3.63) is 71.8 Å². The molecule has 0 bridgehead atoms. The number of aliphatic hydroxyl groups excluding tert-OH is 1. The molecule has 0 aliphatic rings. The van der Waals surface area contributed by atoms with E-state index < -0.39 is 38.0 Å². The van der Waals surface area contributed by atoms with Gasteiger partial charge in [0, 0.05) is 18.8 Å². The third-order valence-electron chi connectivity index (χ3n) is 7.13. The summed E-state index contributed by atoms with van der Waals surface area (Å²) in [6, 6.07) is 12.6. The number of aryl methyl sites for hydroxylation is 2. The minimum Gasteiger partial charge on any atom is -0.395 e. The number of benzene rings is 3. The molecule has 0 amide bonds. The zero-order valence-electron chi connectivity index (χ0n) is 25.6. The molecule has 0 heterocycles. The van der Waals surface area contributed by atoms with Crippen LogP contribution in [0.25, 0.3) is 0 Å². The molecule has 0 unspecified atom stereocenters. The molecule has 3 aromatic carbocycles. The van der Waals surface area contributed by atoms with E-state index in [-0.39, 0.29) is 12.3 Å². The molecule has 1 N–H and O–H groups in total. The molecule has 0 aromatic heterocycles. The van der Waals surface area contributed by atoms with E-state index in [2.05, 4.69) is 20.5 Å². The maximum Gasteiger partial charge on any atom is 0.460 e. The third-order valence-corrected chi connectivity index (χ3v) is 8.95. The lowest BCUT2D eigenvalue weighted by Gasteiger charge is -2.33. The summed E-state index contributed by atoms with van der Waals surface area (Å²) in [5.74, 6) is -14.7. The number of anilines is 1. The highest BCUT2D eigenvalue weighted by Gasteiger charge is 2.85. The zero-order chi connectivity index (χ0) is 36.1. The fourth-order valence-corrected chi connectivity index (χ4v) is 5.64. The van der Waals surface area contributed by atoms with Crippen LogP contribution in [0.4, 0.5) is 68.0 Å². The van der Waals surface area contributed by atoms with E-state index >= 15 is 0 Å². The molecule has 8 nitrogen and oxygen atoms in total. The lowest BCUT2D eigenvalue weighted by molar-refractivity contribution is -0.382. The van der Waals surface area contributed by atoms with Crippen LogP contribution in [0.15, 0.2) is 86.0 Å². The second kappa shape index (κ2) is 14.6. The quantitative estimate of drug-likeness (QED) is 0.133. The minimum atomic E-state index is -7.36. The lowest BCUT2D eigenvalue weighted by atomic mass is 10.0. The topological polar surface area (TPSA) is 107 Å². The third kappa shape index (κ3) is 7.48. The average molecular weight is 712 g/mol. The first kappa shape index (κ1) is 38.4. The van der Waals surface area contributed by atoms with E-state index in [9.17, 15) is 53.0 Å². The van der Waals surface area contributed by atoms with Gasteiger partial charge in [0.25, 0.3) is 0 Å². The molecule has 3 rings (SSSR count). The standard InChI is InChI=1S/C30H30F9N5O3S/c1-4-19-17-23(18-20(5-2)26(19)43-41-21-7-11-24(12-8-21)44(6-3)15-16-45)42-40-22-9-13-25(14-10-22)48(46,47)30(38,39)28(33,34)27(31,32)29(35,36)37/h7-14,17-18,45H,4-6,15-16H2,1-3H3. The average Bonchev–Trinajstić information content (AvgIpc) is 3.04. The number of rotatable bonds is 14. The number of sulfone groups is 1. The molecule has 18 heteroatoms. The van der Waals surface area contributed by atoms with Crippen molar-refractivity contribution in [1.82, 2.24) is 0 Å². The Bertz CT molecular complexity index is 1710. The van der Waals surface area contributed by atoms with Crippen LogP contribution in [-0.2, 0) is 22.7 Å².